The van der Waals surface area contributed by atoms with Gasteiger partial charge in [0, 0.05) is 10.4 Å². The van der Waals surface area contributed by atoms with E-state index in [9.17, 15) is 9.59 Å². The van der Waals surface area contributed by atoms with Gasteiger partial charge in [0.2, 0.25) is 0 Å². The van der Waals surface area contributed by atoms with Crippen molar-refractivity contribution in [1.29, 1.82) is 0 Å². The molecule has 140 valence electrons. The summed E-state index contributed by atoms with van der Waals surface area (Å²) in [5.41, 5.74) is 1.74. The van der Waals surface area contributed by atoms with Gasteiger partial charge in [-0.05, 0) is 44.0 Å². The van der Waals surface area contributed by atoms with Crippen molar-refractivity contribution in [2.45, 2.75) is 27.2 Å². The highest BCUT2D eigenvalue weighted by atomic mass is 32.1. The number of esters is 1. The first-order valence-corrected chi connectivity index (χ1v) is 9.11. The molecule has 0 saturated carbocycles. The molecule has 0 fully saturated rings. The predicted octanol–water partition coefficient (Wildman–Crippen LogP) is 4.07. The second-order valence-electron chi connectivity index (χ2n) is 5.44. The number of amides is 1. The molecule has 2 aromatic rings. The minimum atomic E-state index is -0.420. The van der Waals surface area contributed by atoms with Gasteiger partial charge in [-0.25, -0.2) is 4.79 Å². The molecule has 6 nitrogen and oxygen atoms in total. The van der Waals surface area contributed by atoms with E-state index in [0.29, 0.717) is 34.0 Å². The quantitative estimate of drug-likeness (QED) is 0.737. The van der Waals surface area contributed by atoms with Crippen LogP contribution in [0.2, 0.25) is 0 Å². The van der Waals surface area contributed by atoms with Crippen LogP contribution < -0.4 is 14.8 Å². The first kappa shape index (κ1) is 19.8. The molecule has 0 aliphatic heterocycles. The van der Waals surface area contributed by atoms with E-state index in [1.807, 2.05) is 13.8 Å². The number of thiophene rings is 1. The van der Waals surface area contributed by atoms with Crippen molar-refractivity contribution < 1.29 is 23.8 Å². The van der Waals surface area contributed by atoms with Crippen molar-refractivity contribution in [1.82, 2.24) is 0 Å². The normalized spacial score (nSPS) is 10.3. The van der Waals surface area contributed by atoms with Gasteiger partial charge in [0.25, 0.3) is 5.91 Å². The van der Waals surface area contributed by atoms with Crippen LogP contribution in [-0.2, 0) is 11.2 Å². The van der Waals surface area contributed by atoms with E-state index in [1.165, 1.54) is 25.6 Å². The molecule has 2 rings (SSSR count). The Morgan fingerprint density at radius 1 is 1.12 bits per heavy atom. The molecule has 26 heavy (non-hydrogen) atoms. The van der Waals surface area contributed by atoms with Gasteiger partial charge in [0.1, 0.15) is 5.00 Å². The van der Waals surface area contributed by atoms with Gasteiger partial charge >= 0.3 is 5.97 Å². The summed E-state index contributed by atoms with van der Waals surface area (Å²) in [6, 6.07) is 4.90. The fourth-order valence-electron chi connectivity index (χ4n) is 2.66. The molecule has 1 N–H and O–H groups in total. The van der Waals surface area contributed by atoms with Gasteiger partial charge in [-0.3, -0.25) is 4.79 Å². The standard InChI is InChI=1S/C19H23NO5S/c1-6-13-11(3)26-18(16(13)19(22)25-7-2)20-17(21)12-8-9-14(23-4)15(10-12)24-5/h8-10H,6-7H2,1-5H3,(H,20,21). The molecule has 1 heterocycles. The fourth-order valence-corrected chi connectivity index (χ4v) is 3.79. The highest BCUT2D eigenvalue weighted by molar-refractivity contribution is 7.16. The third kappa shape index (κ3) is 3.99. The summed E-state index contributed by atoms with van der Waals surface area (Å²) >= 11 is 1.37. The lowest BCUT2D eigenvalue weighted by atomic mass is 10.1. The van der Waals surface area contributed by atoms with Crippen molar-refractivity contribution in [2.75, 3.05) is 26.1 Å². The molecule has 1 amide bonds. The van der Waals surface area contributed by atoms with E-state index < -0.39 is 5.97 Å². The van der Waals surface area contributed by atoms with Gasteiger partial charge < -0.3 is 19.5 Å². The van der Waals surface area contributed by atoms with E-state index in [1.54, 1.807) is 25.1 Å². The average molecular weight is 377 g/mol. The number of rotatable bonds is 7. The van der Waals surface area contributed by atoms with Crippen molar-refractivity contribution >= 4 is 28.2 Å². The molecule has 0 radical (unpaired) electrons. The summed E-state index contributed by atoms with van der Waals surface area (Å²) in [6.45, 7) is 5.93. The average Bonchev–Trinajstić information content (AvgIpc) is 2.96. The van der Waals surface area contributed by atoms with Crippen molar-refractivity contribution in [3.8, 4) is 11.5 Å². The zero-order valence-corrected chi connectivity index (χ0v) is 16.4. The van der Waals surface area contributed by atoms with Crippen molar-refractivity contribution in [3.63, 3.8) is 0 Å². The van der Waals surface area contributed by atoms with E-state index >= 15 is 0 Å². The number of aryl methyl sites for hydroxylation is 1. The molecule has 0 saturated heterocycles. The van der Waals surface area contributed by atoms with E-state index in [2.05, 4.69) is 5.32 Å². The summed E-state index contributed by atoms with van der Waals surface area (Å²) in [5.74, 6) is 0.246. The molecular formula is C19H23NO5S. The smallest absolute Gasteiger partial charge is 0.341 e. The second-order valence-corrected chi connectivity index (χ2v) is 6.66. The first-order valence-electron chi connectivity index (χ1n) is 8.29. The molecule has 0 bridgehead atoms. The van der Waals surface area contributed by atoms with Crippen LogP contribution in [0.1, 0.15) is 45.0 Å². The highest BCUT2D eigenvalue weighted by Crippen LogP contribution is 2.35. The molecule has 0 spiro atoms. The molecule has 0 aliphatic rings. The second kappa shape index (κ2) is 8.71. The Kier molecular flexibility index (Phi) is 6.63. The lowest BCUT2D eigenvalue weighted by Crippen LogP contribution is -2.15. The maximum absolute atomic E-state index is 12.7. The molecule has 0 unspecified atom stereocenters. The van der Waals surface area contributed by atoms with E-state index in [4.69, 9.17) is 14.2 Å². The first-order chi connectivity index (χ1) is 12.5. The van der Waals surface area contributed by atoms with Gasteiger partial charge in [0.05, 0.1) is 26.4 Å². The Balaban J connectivity index is 2.36. The Morgan fingerprint density at radius 2 is 1.81 bits per heavy atom. The number of hydrogen-bond acceptors (Lipinski definition) is 6. The van der Waals surface area contributed by atoms with E-state index in [0.717, 1.165) is 10.4 Å². The lowest BCUT2D eigenvalue weighted by molar-refractivity contribution is 0.0527. The number of anilines is 1. The summed E-state index contributed by atoms with van der Waals surface area (Å²) in [6.07, 6.45) is 0.683. The number of carbonyl (C=O) groups is 2. The highest BCUT2D eigenvalue weighted by Gasteiger charge is 2.24. The van der Waals surface area contributed by atoms with Crippen LogP contribution in [0.5, 0.6) is 11.5 Å². The fraction of sp³-hybridized carbons (Fsp3) is 0.368. The number of nitrogens with one attached hydrogen (secondary N) is 1. The van der Waals surface area contributed by atoms with Crippen LogP contribution in [0.4, 0.5) is 5.00 Å². The maximum atomic E-state index is 12.7. The zero-order chi connectivity index (χ0) is 19.3. The van der Waals surface area contributed by atoms with Crippen LogP contribution in [0.15, 0.2) is 18.2 Å². The molecular weight excluding hydrogens is 354 g/mol. The molecule has 1 aromatic heterocycles. The zero-order valence-electron chi connectivity index (χ0n) is 15.6. The number of carbonyl (C=O) groups excluding carboxylic acids is 2. The molecule has 7 heteroatoms. The lowest BCUT2D eigenvalue weighted by Gasteiger charge is -2.10. The summed E-state index contributed by atoms with van der Waals surface area (Å²) in [7, 11) is 3.04. The number of benzene rings is 1. The SMILES string of the molecule is CCOC(=O)c1c(NC(=O)c2ccc(OC)c(OC)c2)sc(C)c1CC. The number of ether oxygens (including phenoxy) is 3. The van der Waals surface area contributed by atoms with Gasteiger partial charge in [-0.1, -0.05) is 6.92 Å². The number of methoxy groups -OCH3 is 2. The maximum Gasteiger partial charge on any atom is 0.341 e. The minimum Gasteiger partial charge on any atom is -0.493 e. The van der Waals surface area contributed by atoms with Crippen LogP contribution in [0.25, 0.3) is 0 Å². The number of hydrogen-bond donors (Lipinski definition) is 1. The largest absolute Gasteiger partial charge is 0.493 e. The van der Waals surface area contributed by atoms with Crippen LogP contribution >= 0.6 is 11.3 Å². The monoisotopic (exact) mass is 377 g/mol. The molecule has 0 aliphatic carbocycles. The summed E-state index contributed by atoms with van der Waals surface area (Å²) in [4.78, 5) is 26.0. The Hall–Kier alpha value is -2.54. The minimum absolute atomic E-state index is 0.278. The third-order valence-corrected chi connectivity index (χ3v) is 4.98. The van der Waals surface area contributed by atoms with Crippen LogP contribution in [-0.4, -0.2) is 32.7 Å². The van der Waals surface area contributed by atoms with Gasteiger partial charge in [-0.15, -0.1) is 11.3 Å². The van der Waals surface area contributed by atoms with Gasteiger partial charge in [-0.2, -0.15) is 0 Å². The topological polar surface area (TPSA) is 73.9 Å². The Morgan fingerprint density at radius 3 is 2.38 bits per heavy atom. The Bertz CT molecular complexity index is 813. The molecule has 0 atom stereocenters. The van der Waals surface area contributed by atoms with Crippen LogP contribution in [0.3, 0.4) is 0 Å². The predicted molar refractivity (Wildman–Crippen MR) is 102 cm³/mol. The third-order valence-electron chi connectivity index (χ3n) is 3.91. The van der Waals surface area contributed by atoms with E-state index in [-0.39, 0.29) is 12.5 Å². The molecule has 1 aromatic carbocycles. The Labute approximate surface area is 157 Å². The van der Waals surface area contributed by atoms with Crippen LogP contribution in [0, 0.1) is 6.92 Å². The summed E-state index contributed by atoms with van der Waals surface area (Å²) < 4.78 is 15.6. The van der Waals surface area contributed by atoms with Crippen molar-refractivity contribution in [3.05, 3.63) is 39.8 Å². The summed E-state index contributed by atoms with van der Waals surface area (Å²) in [5, 5.41) is 3.33. The van der Waals surface area contributed by atoms with Crippen molar-refractivity contribution in [2.24, 2.45) is 0 Å². The van der Waals surface area contributed by atoms with Gasteiger partial charge in [0.15, 0.2) is 11.5 Å².